The van der Waals surface area contributed by atoms with Gasteiger partial charge in [-0.25, -0.2) is 0 Å². The van der Waals surface area contributed by atoms with E-state index in [0.717, 1.165) is 16.1 Å². The Bertz CT molecular complexity index is 217. The fourth-order valence-corrected chi connectivity index (χ4v) is 10.8. The van der Waals surface area contributed by atoms with Gasteiger partial charge < -0.3 is 0 Å². The molecule has 0 aliphatic carbocycles. The molecule has 0 spiro atoms. The van der Waals surface area contributed by atoms with E-state index >= 15 is 0 Å². The van der Waals surface area contributed by atoms with Crippen LogP contribution in [-0.4, -0.2) is 23.6 Å². The molecule has 119 valence electrons. The van der Waals surface area contributed by atoms with Crippen LogP contribution in [0.3, 0.4) is 0 Å². The maximum atomic E-state index is 12.4. The number of rotatable bonds is 14. The predicted octanol–water partition coefficient (Wildman–Crippen LogP) is 6.19. The van der Waals surface area contributed by atoms with Gasteiger partial charge >= 0.3 is 135 Å². The topological polar surface area (TPSA) is 17.1 Å². The Labute approximate surface area is 135 Å². The Morgan fingerprint density at radius 1 is 0.850 bits per heavy atom. The van der Waals surface area contributed by atoms with Crippen LogP contribution in [0.1, 0.15) is 91.9 Å². The van der Waals surface area contributed by atoms with Gasteiger partial charge in [-0.3, -0.25) is 0 Å². The number of carbonyl (C=O) groups is 1. The summed E-state index contributed by atoms with van der Waals surface area (Å²) in [5.74, 6) is 0.833. The molecular formula is C18H37OSn. The number of hydrogen-bond acceptors (Lipinski definition) is 1. The van der Waals surface area contributed by atoms with E-state index in [4.69, 9.17) is 0 Å². The van der Waals surface area contributed by atoms with Crippen molar-refractivity contribution in [1.82, 2.24) is 0 Å². The maximum absolute atomic E-state index is 12.4. The van der Waals surface area contributed by atoms with Crippen LogP contribution in [0.4, 0.5) is 0 Å². The first kappa shape index (κ1) is 20.5. The molecular weight excluding hydrogens is 351 g/mol. The summed E-state index contributed by atoms with van der Waals surface area (Å²) < 4.78 is 3.40. The van der Waals surface area contributed by atoms with Crippen LogP contribution in [0.25, 0.3) is 0 Å². The van der Waals surface area contributed by atoms with Gasteiger partial charge in [0.05, 0.1) is 0 Å². The van der Waals surface area contributed by atoms with Crippen molar-refractivity contribution in [3.05, 3.63) is 0 Å². The monoisotopic (exact) mass is 389 g/mol. The van der Waals surface area contributed by atoms with Crippen molar-refractivity contribution >= 4 is 23.6 Å². The summed E-state index contributed by atoms with van der Waals surface area (Å²) in [7, 11) is 0. The Hall–Kier alpha value is 0.469. The third kappa shape index (κ3) is 12.2. The first-order valence-electron chi connectivity index (χ1n) is 8.99. The van der Waals surface area contributed by atoms with E-state index in [1.54, 1.807) is 0 Å². The quantitative estimate of drug-likeness (QED) is 0.256. The molecule has 0 aromatic carbocycles. The first-order chi connectivity index (χ1) is 9.61. The molecule has 1 nitrogen and oxygen atoms in total. The van der Waals surface area contributed by atoms with Crippen LogP contribution in [0, 0.1) is 5.92 Å². The van der Waals surface area contributed by atoms with Gasteiger partial charge in [0.2, 0.25) is 0 Å². The van der Waals surface area contributed by atoms with Crippen LogP contribution >= 0.6 is 0 Å². The van der Waals surface area contributed by atoms with Gasteiger partial charge in [0.25, 0.3) is 0 Å². The predicted molar refractivity (Wildman–Crippen MR) is 92.7 cm³/mol. The molecule has 0 bridgehead atoms. The van der Waals surface area contributed by atoms with E-state index in [-0.39, 0.29) is 0 Å². The van der Waals surface area contributed by atoms with E-state index in [2.05, 4.69) is 27.7 Å². The Balaban J connectivity index is 3.76. The molecule has 0 amide bonds. The summed E-state index contributed by atoms with van der Waals surface area (Å²) in [5, 5.41) is 0. The van der Waals surface area contributed by atoms with Gasteiger partial charge in [-0.2, -0.15) is 0 Å². The molecule has 0 aliphatic rings. The summed E-state index contributed by atoms with van der Waals surface area (Å²) in [5.41, 5.74) is 0. The molecule has 0 saturated carbocycles. The third-order valence-electron chi connectivity index (χ3n) is 3.99. The second-order valence-electron chi connectivity index (χ2n) is 6.58. The van der Waals surface area contributed by atoms with Gasteiger partial charge in [-0.1, -0.05) is 0 Å². The van der Waals surface area contributed by atoms with E-state index in [0.29, 0.717) is 0 Å². The van der Waals surface area contributed by atoms with Crippen LogP contribution in [0.15, 0.2) is 0 Å². The zero-order chi connectivity index (χ0) is 15.2. The van der Waals surface area contributed by atoms with Crippen LogP contribution in [0.2, 0.25) is 8.87 Å². The first-order valence-corrected chi connectivity index (χ1v) is 14.5. The van der Waals surface area contributed by atoms with Crippen LogP contribution < -0.4 is 0 Å². The van der Waals surface area contributed by atoms with Crippen molar-refractivity contribution in [2.24, 2.45) is 5.92 Å². The van der Waals surface area contributed by atoms with Gasteiger partial charge in [-0.15, -0.1) is 0 Å². The fraction of sp³-hybridized carbons (Fsp3) is 0.944. The van der Waals surface area contributed by atoms with Crippen LogP contribution in [0.5, 0.6) is 0 Å². The number of unbranched alkanes of at least 4 members (excludes halogenated alkanes) is 5. The van der Waals surface area contributed by atoms with Crippen molar-refractivity contribution in [3.8, 4) is 0 Å². The number of carbonyl (C=O) groups excluding carboxylic acids is 1. The Morgan fingerprint density at radius 2 is 1.40 bits per heavy atom. The second-order valence-corrected chi connectivity index (χ2v) is 14.5. The minimum absolute atomic E-state index is 0.748. The molecule has 0 fully saturated rings. The zero-order valence-corrected chi connectivity index (χ0v) is 17.3. The molecule has 1 radical (unpaired) electrons. The minimum atomic E-state index is -1.68. The SMILES string of the molecule is CCC[CH2][Sn]([CH2]CCC)[C](=O)CCCCCCC(C)C. The summed E-state index contributed by atoms with van der Waals surface area (Å²) >= 11 is -1.68. The molecule has 0 N–H and O–H groups in total. The molecule has 0 unspecified atom stereocenters. The standard InChI is InChI=1S/C10H19O.2C4H9.Sn/c1-10(2)8-6-4-3-5-7-9-11;2*1-3-4-2;/h10H,3-8H2,1-2H3;2*1,3-4H2,2H3;. The van der Waals surface area contributed by atoms with Crippen molar-refractivity contribution in [2.45, 2.75) is 101 Å². The normalized spacial score (nSPS) is 11.5. The summed E-state index contributed by atoms with van der Waals surface area (Å²) in [4.78, 5) is 12.4. The summed E-state index contributed by atoms with van der Waals surface area (Å²) in [6.07, 6.45) is 12.5. The zero-order valence-electron chi connectivity index (χ0n) is 14.5. The molecule has 0 saturated heterocycles. The van der Waals surface area contributed by atoms with E-state index < -0.39 is 19.8 Å². The van der Waals surface area contributed by atoms with Gasteiger partial charge in [0.15, 0.2) is 0 Å². The van der Waals surface area contributed by atoms with Gasteiger partial charge in [0, 0.05) is 0 Å². The number of hydrogen-bond donors (Lipinski definition) is 0. The fourth-order valence-electron chi connectivity index (χ4n) is 2.55. The molecule has 0 aromatic heterocycles. The summed E-state index contributed by atoms with van der Waals surface area (Å²) in [6, 6.07) is 0. The molecule has 2 heteroatoms. The van der Waals surface area contributed by atoms with E-state index in [9.17, 15) is 4.79 Å². The average molecular weight is 388 g/mol. The van der Waals surface area contributed by atoms with Crippen molar-refractivity contribution in [2.75, 3.05) is 0 Å². The van der Waals surface area contributed by atoms with Crippen LogP contribution in [-0.2, 0) is 4.79 Å². The average Bonchev–Trinajstić information content (AvgIpc) is 2.42. The van der Waals surface area contributed by atoms with E-state index in [1.165, 1.54) is 66.7 Å². The van der Waals surface area contributed by atoms with E-state index in [1.807, 2.05) is 0 Å². The van der Waals surface area contributed by atoms with Gasteiger partial charge in [-0.05, 0) is 0 Å². The van der Waals surface area contributed by atoms with Crippen molar-refractivity contribution in [1.29, 1.82) is 0 Å². The third-order valence-corrected chi connectivity index (χ3v) is 12.4. The van der Waals surface area contributed by atoms with Gasteiger partial charge in [0.1, 0.15) is 0 Å². The molecule has 0 heterocycles. The molecule has 0 rings (SSSR count). The second kappa shape index (κ2) is 14.4. The Morgan fingerprint density at radius 3 is 1.90 bits per heavy atom. The van der Waals surface area contributed by atoms with Crippen molar-refractivity contribution < 1.29 is 4.79 Å². The molecule has 0 atom stereocenters. The molecule has 0 aliphatic heterocycles. The van der Waals surface area contributed by atoms with Crippen molar-refractivity contribution in [3.63, 3.8) is 0 Å². The molecule has 0 aromatic rings. The summed E-state index contributed by atoms with van der Waals surface area (Å²) in [6.45, 7) is 9.09. The Kier molecular flexibility index (Phi) is 14.7. The molecule has 20 heavy (non-hydrogen) atoms.